The molecule has 2 aromatic carbocycles. The maximum atomic E-state index is 13.1. The van der Waals surface area contributed by atoms with Crippen molar-refractivity contribution in [2.75, 3.05) is 11.9 Å². The quantitative estimate of drug-likeness (QED) is 0.585. The second-order valence-corrected chi connectivity index (χ2v) is 7.51. The van der Waals surface area contributed by atoms with E-state index in [1.165, 1.54) is 5.56 Å². The zero-order chi connectivity index (χ0) is 19.0. The molecule has 1 aliphatic rings. The van der Waals surface area contributed by atoms with Crippen LogP contribution in [0.25, 0.3) is 0 Å². The first-order chi connectivity index (χ1) is 13.0. The Hall–Kier alpha value is -2.43. The summed E-state index contributed by atoms with van der Waals surface area (Å²) in [7, 11) is 0. The summed E-state index contributed by atoms with van der Waals surface area (Å²) in [6.45, 7) is 3.44. The maximum absolute atomic E-state index is 13.1. The number of aryl methyl sites for hydroxylation is 1. The number of carbonyl (C=O) groups excluding carboxylic acids is 1. The summed E-state index contributed by atoms with van der Waals surface area (Å²) in [6.07, 6.45) is 2.06. The van der Waals surface area contributed by atoms with Gasteiger partial charge in [0.1, 0.15) is 0 Å². The molecule has 0 bridgehead atoms. The second kappa shape index (κ2) is 7.29. The van der Waals surface area contributed by atoms with Gasteiger partial charge in [0.25, 0.3) is 0 Å². The van der Waals surface area contributed by atoms with Crippen molar-refractivity contribution in [2.45, 2.75) is 19.5 Å². The molecule has 1 aliphatic heterocycles. The Bertz CT molecular complexity index is 981. The number of benzene rings is 2. The van der Waals surface area contributed by atoms with Crippen LogP contribution in [-0.2, 0) is 6.54 Å². The monoisotopic (exact) mass is 399 g/mol. The molecule has 0 fully saturated rings. The van der Waals surface area contributed by atoms with Crippen LogP contribution in [0.1, 0.15) is 22.9 Å². The zero-order valence-corrected chi connectivity index (χ0v) is 16.3. The van der Waals surface area contributed by atoms with Gasteiger partial charge in [0.05, 0.1) is 16.1 Å². The fourth-order valence-corrected chi connectivity index (χ4v) is 3.77. The molecule has 0 radical (unpaired) electrons. The lowest BCUT2D eigenvalue weighted by atomic mass is 9.99. The lowest BCUT2D eigenvalue weighted by Crippen LogP contribution is -2.44. The normalized spacial score (nSPS) is 16.1. The number of carbonyl (C=O) groups is 1. The van der Waals surface area contributed by atoms with E-state index in [-0.39, 0.29) is 12.1 Å². The molecule has 2 amide bonds. The number of amides is 2. The number of nitrogens with zero attached hydrogens (tertiary/aromatic N) is 2. The van der Waals surface area contributed by atoms with Crippen molar-refractivity contribution in [1.29, 1.82) is 0 Å². The highest BCUT2D eigenvalue weighted by Crippen LogP contribution is 2.33. The van der Waals surface area contributed by atoms with Gasteiger partial charge >= 0.3 is 6.03 Å². The highest BCUT2D eigenvalue weighted by molar-refractivity contribution is 6.42. The fraction of sp³-hybridized carbons (Fsp3) is 0.190. The van der Waals surface area contributed by atoms with Gasteiger partial charge in [0, 0.05) is 30.7 Å². The standard InChI is InChI=1S/C21H19Cl2N3O/c1-14-4-6-15(7-5-14)20-19-3-2-10-25(19)11-12-26(20)21(27)24-16-8-9-17(22)18(23)13-16/h2-10,13,20H,11-12H2,1H3,(H,24,27)/t20-/m0/s1. The van der Waals surface area contributed by atoms with Crippen molar-refractivity contribution < 1.29 is 4.79 Å². The molecule has 6 heteroatoms. The van der Waals surface area contributed by atoms with Gasteiger partial charge in [-0.25, -0.2) is 4.79 Å². The van der Waals surface area contributed by atoms with Crippen LogP contribution in [0.3, 0.4) is 0 Å². The van der Waals surface area contributed by atoms with Gasteiger partial charge in [-0.3, -0.25) is 0 Å². The molecule has 0 spiro atoms. The lowest BCUT2D eigenvalue weighted by Gasteiger charge is -2.37. The van der Waals surface area contributed by atoms with Crippen molar-refractivity contribution in [1.82, 2.24) is 9.47 Å². The number of anilines is 1. The van der Waals surface area contributed by atoms with E-state index in [4.69, 9.17) is 23.2 Å². The smallest absolute Gasteiger partial charge is 0.322 e. The molecular weight excluding hydrogens is 381 g/mol. The number of urea groups is 1. The van der Waals surface area contributed by atoms with Crippen LogP contribution in [0, 0.1) is 6.92 Å². The van der Waals surface area contributed by atoms with Crippen molar-refractivity contribution >= 4 is 34.9 Å². The average Bonchev–Trinajstić information content (AvgIpc) is 3.13. The number of aromatic nitrogens is 1. The first-order valence-electron chi connectivity index (χ1n) is 8.77. The summed E-state index contributed by atoms with van der Waals surface area (Å²) in [5, 5.41) is 3.82. The summed E-state index contributed by atoms with van der Waals surface area (Å²) >= 11 is 12.0. The van der Waals surface area contributed by atoms with Crippen LogP contribution in [0.2, 0.25) is 10.0 Å². The minimum atomic E-state index is -0.161. The third-order valence-electron chi connectivity index (χ3n) is 4.86. The van der Waals surface area contributed by atoms with Crippen LogP contribution < -0.4 is 5.32 Å². The van der Waals surface area contributed by atoms with Crippen molar-refractivity contribution in [2.24, 2.45) is 0 Å². The van der Waals surface area contributed by atoms with Crippen LogP contribution in [-0.4, -0.2) is 22.0 Å². The van der Waals surface area contributed by atoms with E-state index in [1.54, 1.807) is 18.2 Å². The predicted molar refractivity (Wildman–Crippen MR) is 110 cm³/mol. The number of hydrogen-bond donors (Lipinski definition) is 1. The largest absolute Gasteiger partial charge is 0.348 e. The third kappa shape index (κ3) is 3.55. The van der Waals surface area contributed by atoms with Gasteiger partial charge in [-0.1, -0.05) is 53.0 Å². The Morgan fingerprint density at radius 1 is 1.04 bits per heavy atom. The van der Waals surface area contributed by atoms with Gasteiger partial charge in [0.15, 0.2) is 0 Å². The van der Waals surface area contributed by atoms with Crippen LogP contribution >= 0.6 is 23.2 Å². The Morgan fingerprint density at radius 3 is 2.56 bits per heavy atom. The molecule has 0 saturated heterocycles. The first kappa shape index (κ1) is 18.0. The topological polar surface area (TPSA) is 37.3 Å². The van der Waals surface area contributed by atoms with E-state index in [2.05, 4.69) is 53.3 Å². The van der Waals surface area contributed by atoms with E-state index in [9.17, 15) is 4.79 Å². The number of hydrogen-bond acceptors (Lipinski definition) is 1. The molecule has 27 heavy (non-hydrogen) atoms. The first-order valence-corrected chi connectivity index (χ1v) is 9.53. The van der Waals surface area contributed by atoms with Gasteiger partial charge in [0.2, 0.25) is 0 Å². The molecule has 4 rings (SSSR count). The fourth-order valence-electron chi connectivity index (χ4n) is 3.47. The zero-order valence-electron chi connectivity index (χ0n) is 14.8. The number of halogens is 2. The van der Waals surface area contributed by atoms with Crippen LogP contribution in [0.4, 0.5) is 10.5 Å². The number of fused-ring (bicyclic) bond motifs is 1. The molecular formula is C21H19Cl2N3O. The van der Waals surface area contributed by atoms with Gasteiger partial charge in [-0.2, -0.15) is 0 Å². The highest BCUT2D eigenvalue weighted by atomic mass is 35.5. The Balaban J connectivity index is 1.66. The number of rotatable bonds is 2. The van der Waals surface area contributed by atoms with Crippen LogP contribution in [0.5, 0.6) is 0 Å². The molecule has 3 aromatic rings. The molecule has 0 saturated carbocycles. The Morgan fingerprint density at radius 2 is 1.81 bits per heavy atom. The van der Waals surface area contributed by atoms with Crippen molar-refractivity contribution in [3.05, 3.63) is 87.7 Å². The van der Waals surface area contributed by atoms with E-state index in [1.807, 2.05) is 11.0 Å². The van der Waals surface area contributed by atoms with E-state index < -0.39 is 0 Å². The summed E-state index contributed by atoms with van der Waals surface area (Å²) in [6, 6.07) is 17.2. The molecule has 0 aliphatic carbocycles. The molecule has 0 unspecified atom stereocenters. The SMILES string of the molecule is Cc1ccc([C@H]2c3cccn3CCN2C(=O)Nc2ccc(Cl)c(Cl)c2)cc1. The van der Waals surface area contributed by atoms with E-state index in [0.29, 0.717) is 22.3 Å². The van der Waals surface area contributed by atoms with E-state index >= 15 is 0 Å². The average molecular weight is 400 g/mol. The predicted octanol–water partition coefficient (Wildman–Crippen LogP) is 5.74. The molecule has 1 atom stereocenters. The number of nitrogens with one attached hydrogen (secondary N) is 1. The second-order valence-electron chi connectivity index (χ2n) is 6.69. The minimum Gasteiger partial charge on any atom is -0.348 e. The summed E-state index contributed by atoms with van der Waals surface area (Å²) in [5.74, 6) is 0. The summed E-state index contributed by atoms with van der Waals surface area (Å²) in [5.41, 5.74) is 4.01. The van der Waals surface area contributed by atoms with Gasteiger partial charge in [-0.05, 0) is 42.8 Å². The van der Waals surface area contributed by atoms with Gasteiger partial charge < -0.3 is 14.8 Å². The van der Waals surface area contributed by atoms with Crippen LogP contribution in [0.15, 0.2) is 60.8 Å². The molecule has 138 valence electrons. The molecule has 2 heterocycles. The summed E-state index contributed by atoms with van der Waals surface area (Å²) in [4.78, 5) is 14.9. The van der Waals surface area contributed by atoms with Crippen molar-refractivity contribution in [3.63, 3.8) is 0 Å². The van der Waals surface area contributed by atoms with Crippen molar-refractivity contribution in [3.8, 4) is 0 Å². The maximum Gasteiger partial charge on any atom is 0.322 e. The lowest BCUT2D eigenvalue weighted by molar-refractivity contribution is 0.182. The molecule has 1 aromatic heterocycles. The molecule has 1 N–H and O–H groups in total. The Kier molecular flexibility index (Phi) is 4.85. The third-order valence-corrected chi connectivity index (χ3v) is 5.60. The summed E-state index contributed by atoms with van der Waals surface area (Å²) < 4.78 is 2.20. The van der Waals surface area contributed by atoms with Gasteiger partial charge in [-0.15, -0.1) is 0 Å². The molecule has 4 nitrogen and oxygen atoms in total. The highest BCUT2D eigenvalue weighted by Gasteiger charge is 2.32. The Labute approximate surface area is 168 Å². The minimum absolute atomic E-state index is 0.142. The van der Waals surface area contributed by atoms with E-state index in [0.717, 1.165) is 17.8 Å².